The first-order valence-electron chi connectivity index (χ1n) is 6.66. The fourth-order valence-electron chi connectivity index (χ4n) is 3.18. The highest BCUT2D eigenvalue weighted by atomic mass is 16.5. The molecule has 4 nitrogen and oxygen atoms in total. The van der Waals surface area contributed by atoms with Gasteiger partial charge in [-0.25, -0.2) is 0 Å². The minimum atomic E-state index is 0.0551. The maximum atomic E-state index is 12.7. The van der Waals surface area contributed by atoms with Crippen LogP contribution >= 0.6 is 0 Å². The Labute approximate surface area is 119 Å². The molecule has 1 aromatic heterocycles. The van der Waals surface area contributed by atoms with Gasteiger partial charge in [-0.1, -0.05) is 42.5 Å². The van der Waals surface area contributed by atoms with Gasteiger partial charge in [0, 0.05) is 27.2 Å². The summed E-state index contributed by atoms with van der Waals surface area (Å²) in [5.41, 5.74) is 4.71. The predicted molar refractivity (Wildman–Crippen MR) is 78.2 cm³/mol. The number of carbonyl (C=O) groups excluding carboxylic acids is 1. The molecule has 1 aliphatic carbocycles. The zero-order valence-electron chi connectivity index (χ0n) is 10.8. The number of fused-ring (bicyclic) bond motifs is 4. The molecular formula is C17H8N2O2. The van der Waals surface area contributed by atoms with Crippen molar-refractivity contribution in [3.05, 3.63) is 59.7 Å². The first-order valence-corrected chi connectivity index (χ1v) is 6.66. The smallest absolute Gasteiger partial charge is 0.194 e. The number of carbonyl (C=O) groups is 1. The molecule has 4 heteroatoms. The van der Waals surface area contributed by atoms with Crippen molar-refractivity contribution in [3.8, 4) is 11.1 Å². The van der Waals surface area contributed by atoms with E-state index in [0.717, 1.165) is 27.5 Å². The van der Waals surface area contributed by atoms with Crippen molar-refractivity contribution in [2.24, 2.45) is 0 Å². The minimum absolute atomic E-state index is 0.0551. The number of rotatable bonds is 0. The minimum Gasteiger partial charge on any atom is -0.337 e. The highest BCUT2D eigenvalue weighted by molar-refractivity contribution is 6.28. The van der Waals surface area contributed by atoms with Crippen molar-refractivity contribution in [2.75, 3.05) is 0 Å². The largest absolute Gasteiger partial charge is 0.337 e. The van der Waals surface area contributed by atoms with Crippen molar-refractivity contribution in [3.63, 3.8) is 0 Å². The summed E-state index contributed by atoms with van der Waals surface area (Å²) in [6.07, 6.45) is 0. The van der Waals surface area contributed by atoms with Crippen LogP contribution < -0.4 is 0 Å². The Morgan fingerprint density at radius 1 is 0.857 bits per heavy atom. The van der Waals surface area contributed by atoms with Gasteiger partial charge < -0.3 is 4.52 Å². The van der Waals surface area contributed by atoms with Crippen LogP contribution in [0.2, 0.25) is 0 Å². The zero-order valence-corrected chi connectivity index (χ0v) is 10.8. The quantitative estimate of drug-likeness (QED) is 0.432. The Balaban J connectivity index is 2.12. The molecule has 21 heavy (non-hydrogen) atoms. The fraction of sp³-hybridized carbons (Fsp3) is 0. The molecule has 0 aliphatic heterocycles. The molecule has 5 rings (SSSR count). The van der Waals surface area contributed by atoms with E-state index in [1.165, 1.54) is 0 Å². The normalized spacial score (nSPS) is 12.9. The molecule has 0 amide bonds. The average molecular weight is 272 g/mol. The van der Waals surface area contributed by atoms with E-state index in [1.807, 2.05) is 48.5 Å². The van der Waals surface area contributed by atoms with Crippen molar-refractivity contribution >= 4 is 27.7 Å². The second-order valence-electron chi connectivity index (χ2n) is 5.15. The number of hydrogen-bond donors (Lipinski definition) is 0. The molecule has 0 spiro atoms. The second kappa shape index (κ2) is 3.55. The molecule has 0 saturated heterocycles. The molecule has 1 aliphatic rings. The Morgan fingerprint density at radius 3 is 2.57 bits per heavy atom. The van der Waals surface area contributed by atoms with Crippen LogP contribution in [0.15, 0.2) is 53.1 Å². The third-order valence-corrected chi connectivity index (χ3v) is 4.08. The van der Waals surface area contributed by atoms with Crippen LogP contribution in [-0.4, -0.2) is 16.2 Å². The van der Waals surface area contributed by atoms with Crippen molar-refractivity contribution < 1.29 is 9.32 Å². The molecule has 0 saturated carbocycles. The van der Waals surface area contributed by atoms with Crippen LogP contribution in [0.1, 0.15) is 15.9 Å². The van der Waals surface area contributed by atoms with E-state index in [4.69, 9.17) is 4.52 Å². The molecule has 0 atom stereocenters. The average Bonchev–Trinajstić information content (AvgIpc) is 3.01. The van der Waals surface area contributed by atoms with E-state index in [9.17, 15) is 4.79 Å². The van der Waals surface area contributed by atoms with Crippen molar-refractivity contribution in [2.45, 2.75) is 0 Å². The van der Waals surface area contributed by atoms with Gasteiger partial charge >= 0.3 is 0 Å². The van der Waals surface area contributed by atoms with Gasteiger partial charge in [0.1, 0.15) is 5.52 Å². The van der Waals surface area contributed by atoms with Gasteiger partial charge in [0.15, 0.2) is 11.4 Å². The molecule has 0 N–H and O–H groups in total. The van der Waals surface area contributed by atoms with E-state index in [-0.39, 0.29) is 5.78 Å². The van der Waals surface area contributed by atoms with Crippen molar-refractivity contribution in [1.82, 2.24) is 10.4 Å². The number of hydrogen-bond acceptors (Lipinski definition) is 4. The number of ketones is 1. The Hall–Kier alpha value is -3.01. The number of aromatic nitrogens is 2. The van der Waals surface area contributed by atoms with Crippen LogP contribution in [0.25, 0.3) is 33.0 Å². The van der Waals surface area contributed by atoms with E-state index < -0.39 is 0 Å². The molecule has 1 heterocycles. The summed E-state index contributed by atoms with van der Waals surface area (Å²) in [4.78, 5) is 12.7. The first kappa shape index (κ1) is 10.7. The lowest BCUT2D eigenvalue weighted by Crippen LogP contribution is -2.09. The Morgan fingerprint density at radius 2 is 1.67 bits per heavy atom. The van der Waals surface area contributed by atoms with Crippen LogP contribution in [0.4, 0.5) is 0 Å². The molecule has 0 radical (unpaired) electrons. The monoisotopic (exact) mass is 272 g/mol. The van der Waals surface area contributed by atoms with E-state index >= 15 is 0 Å². The molecule has 4 aromatic rings. The maximum absolute atomic E-state index is 12.7. The van der Waals surface area contributed by atoms with Crippen LogP contribution in [0, 0.1) is 0 Å². The Bertz CT molecular complexity index is 1060. The van der Waals surface area contributed by atoms with E-state index in [1.54, 1.807) is 0 Å². The van der Waals surface area contributed by atoms with Gasteiger partial charge in [-0.05, 0) is 17.2 Å². The zero-order chi connectivity index (χ0) is 14.0. The summed E-state index contributed by atoms with van der Waals surface area (Å²) in [5, 5.41) is 9.52. The predicted octanol–water partition coefficient (Wildman–Crippen LogP) is 3.59. The standard InChI is InChI=1S/C17H8N2O2/c20-17-10-5-2-1-4-9(10)13-8-14-16(18-19-21-14)11-6-3-7-12(17)15(11)13/h1-8H. The van der Waals surface area contributed by atoms with Crippen LogP contribution in [0.5, 0.6) is 0 Å². The third kappa shape index (κ3) is 1.22. The van der Waals surface area contributed by atoms with E-state index in [0.29, 0.717) is 16.7 Å². The maximum Gasteiger partial charge on any atom is 0.194 e. The van der Waals surface area contributed by atoms with Gasteiger partial charge in [0.25, 0.3) is 0 Å². The number of nitrogens with zero attached hydrogens (tertiary/aromatic N) is 2. The Kier molecular flexibility index (Phi) is 1.81. The summed E-state index contributed by atoms with van der Waals surface area (Å²) in [6, 6.07) is 15.3. The lowest BCUT2D eigenvalue weighted by molar-refractivity contribution is 0.104. The fourth-order valence-corrected chi connectivity index (χ4v) is 3.18. The SMILES string of the molecule is O=C1c2ccccc2-c2cc3onnc3c3cccc1c23. The molecular weight excluding hydrogens is 264 g/mol. The summed E-state index contributed by atoms with van der Waals surface area (Å²) in [6.45, 7) is 0. The van der Waals surface area contributed by atoms with Gasteiger partial charge in [0.05, 0.1) is 0 Å². The summed E-state index contributed by atoms with van der Waals surface area (Å²) in [5.74, 6) is 0.0551. The van der Waals surface area contributed by atoms with Gasteiger partial charge in [-0.3, -0.25) is 4.79 Å². The number of benzene rings is 3. The van der Waals surface area contributed by atoms with Gasteiger partial charge in [0.2, 0.25) is 0 Å². The lowest BCUT2D eigenvalue weighted by atomic mass is 9.82. The molecule has 0 bridgehead atoms. The second-order valence-corrected chi connectivity index (χ2v) is 5.15. The van der Waals surface area contributed by atoms with Gasteiger partial charge in [-0.15, -0.1) is 5.10 Å². The molecule has 3 aromatic carbocycles. The lowest BCUT2D eigenvalue weighted by Gasteiger charge is -2.19. The highest BCUT2D eigenvalue weighted by Crippen LogP contribution is 2.41. The van der Waals surface area contributed by atoms with E-state index in [2.05, 4.69) is 10.4 Å². The topological polar surface area (TPSA) is 56.0 Å². The third-order valence-electron chi connectivity index (χ3n) is 4.08. The van der Waals surface area contributed by atoms with Crippen LogP contribution in [-0.2, 0) is 0 Å². The first-order chi connectivity index (χ1) is 10.3. The molecule has 0 fully saturated rings. The summed E-state index contributed by atoms with van der Waals surface area (Å²) < 4.78 is 5.23. The summed E-state index contributed by atoms with van der Waals surface area (Å²) in [7, 11) is 0. The highest BCUT2D eigenvalue weighted by Gasteiger charge is 2.26. The van der Waals surface area contributed by atoms with Crippen LogP contribution in [0.3, 0.4) is 0 Å². The molecule has 98 valence electrons. The summed E-state index contributed by atoms with van der Waals surface area (Å²) >= 11 is 0. The molecule has 0 unspecified atom stereocenters. The van der Waals surface area contributed by atoms with Crippen molar-refractivity contribution in [1.29, 1.82) is 0 Å². The van der Waals surface area contributed by atoms with Gasteiger partial charge in [-0.2, -0.15) is 0 Å².